The first-order valence-corrected chi connectivity index (χ1v) is 5.46. The summed E-state index contributed by atoms with van der Waals surface area (Å²) in [6.07, 6.45) is 0. The van der Waals surface area contributed by atoms with Crippen LogP contribution in [0.3, 0.4) is 0 Å². The summed E-state index contributed by atoms with van der Waals surface area (Å²) in [5.74, 6) is -1.62. The molecule has 7 heteroatoms. The van der Waals surface area contributed by atoms with E-state index in [2.05, 4.69) is 10.6 Å². The van der Waals surface area contributed by atoms with Gasteiger partial charge in [0.2, 0.25) is 11.8 Å². The average molecular weight is 270 g/mol. The number of halogens is 1. The van der Waals surface area contributed by atoms with E-state index in [1.807, 2.05) is 0 Å². The van der Waals surface area contributed by atoms with Crippen LogP contribution in [-0.2, 0) is 9.59 Å². The lowest BCUT2D eigenvalue weighted by atomic mass is 10.2. The fraction of sp³-hybridized carbons (Fsp3) is 0.182. The number of hydrogen-bond donors (Lipinski definition) is 3. The van der Waals surface area contributed by atoms with Crippen LogP contribution in [0.25, 0.3) is 0 Å². The zero-order chi connectivity index (χ0) is 13.5. The molecular weight excluding hydrogens is 258 g/mol. The molecule has 0 fully saturated rings. The molecule has 0 saturated carbocycles. The minimum Gasteiger partial charge on any atom is -0.368 e. The van der Waals surface area contributed by atoms with Crippen molar-refractivity contribution in [1.29, 1.82) is 0 Å². The van der Waals surface area contributed by atoms with Gasteiger partial charge in [0.15, 0.2) is 0 Å². The van der Waals surface area contributed by atoms with Crippen molar-refractivity contribution in [1.82, 2.24) is 10.6 Å². The van der Waals surface area contributed by atoms with Crippen LogP contribution in [0.4, 0.5) is 0 Å². The van der Waals surface area contributed by atoms with Gasteiger partial charge in [-0.15, -0.1) is 0 Å². The second-order valence-electron chi connectivity index (χ2n) is 3.41. The Bertz CT molecular complexity index is 476. The molecule has 0 saturated heterocycles. The van der Waals surface area contributed by atoms with Crippen LogP contribution in [0.15, 0.2) is 24.3 Å². The van der Waals surface area contributed by atoms with Gasteiger partial charge in [-0.2, -0.15) is 0 Å². The van der Waals surface area contributed by atoms with Crippen LogP contribution in [-0.4, -0.2) is 30.8 Å². The third-order valence-electron chi connectivity index (χ3n) is 1.99. The average Bonchev–Trinajstić information content (AvgIpc) is 2.34. The summed E-state index contributed by atoms with van der Waals surface area (Å²) < 4.78 is 0. The van der Waals surface area contributed by atoms with Gasteiger partial charge in [0, 0.05) is 0 Å². The van der Waals surface area contributed by atoms with E-state index in [4.69, 9.17) is 17.3 Å². The van der Waals surface area contributed by atoms with Crippen LogP contribution in [0.1, 0.15) is 10.4 Å². The van der Waals surface area contributed by atoms with E-state index in [-0.39, 0.29) is 18.7 Å². The fourth-order valence-corrected chi connectivity index (χ4v) is 1.37. The lowest BCUT2D eigenvalue weighted by Crippen LogP contribution is -2.40. The van der Waals surface area contributed by atoms with Crippen molar-refractivity contribution in [2.75, 3.05) is 13.1 Å². The SMILES string of the molecule is NC(=O)CNC(=O)CNC(=O)c1ccccc1Cl. The van der Waals surface area contributed by atoms with Crippen molar-refractivity contribution in [3.8, 4) is 0 Å². The molecule has 1 rings (SSSR count). The smallest absolute Gasteiger partial charge is 0.253 e. The Morgan fingerprint density at radius 1 is 1.11 bits per heavy atom. The maximum absolute atomic E-state index is 11.6. The zero-order valence-corrected chi connectivity index (χ0v) is 10.2. The Labute approximate surface area is 108 Å². The number of amides is 3. The molecule has 0 radical (unpaired) electrons. The Morgan fingerprint density at radius 2 is 1.78 bits per heavy atom. The number of carbonyl (C=O) groups is 3. The van der Waals surface area contributed by atoms with Crippen molar-refractivity contribution in [2.45, 2.75) is 0 Å². The number of benzene rings is 1. The number of nitrogens with one attached hydrogen (secondary N) is 2. The summed E-state index contributed by atoms with van der Waals surface area (Å²) in [6, 6.07) is 6.47. The Hall–Kier alpha value is -2.08. The first-order chi connectivity index (χ1) is 8.50. The van der Waals surface area contributed by atoms with E-state index < -0.39 is 17.7 Å². The molecule has 0 spiro atoms. The molecule has 96 valence electrons. The second kappa shape index (κ2) is 6.61. The van der Waals surface area contributed by atoms with E-state index in [0.29, 0.717) is 5.02 Å². The van der Waals surface area contributed by atoms with Crippen LogP contribution in [0.5, 0.6) is 0 Å². The lowest BCUT2D eigenvalue weighted by Gasteiger charge is -2.06. The molecule has 3 amide bonds. The van der Waals surface area contributed by atoms with Gasteiger partial charge in [-0.25, -0.2) is 0 Å². The Balaban J connectivity index is 2.45. The zero-order valence-electron chi connectivity index (χ0n) is 9.40. The minimum absolute atomic E-state index is 0.253. The summed E-state index contributed by atoms with van der Waals surface area (Å²) in [7, 11) is 0. The van der Waals surface area contributed by atoms with Crippen LogP contribution >= 0.6 is 11.6 Å². The van der Waals surface area contributed by atoms with E-state index in [9.17, 15) is 14.4 Å². The highest BCUT2D eigenvalue weighted by Gasteiger charge is 2.10. The number of primary amides is 1. The summed E-state index contributed by atoms with van der Waals surface area (Å²) in [5, 5.41) is 4.92. The molecule has 0 aliphatic carbocycles. The topological polar surface area (TPSA) is 101 Å². The van der Waals surface area contributed by atoms with Gasteiger partial charge < -0.3 is 16.4 Å². The highest BCUT2D eigenvalue weighted by molar-refractivity contribution is 6.33. The third kappa shape index (κ3) is 4.42. The largest absolute Gasteiger partial charge is 0.368 e. The van der Waals surface area contributed by atoms with E-state index in [0.717, 1.165) is 0 Å². The normalized spacial score (nSPS) is 9.61. The molecule has 1 aromatic rings. The van der Waals surface area contributed by atoms with E-state index in [1.54, 1.807) is 24.3 Å². The summed E-state index contributed by atoms with van der Waals surface area (Å²) >= 11 is 5.81. The number of carbonyl (C=O) groups excluding carboxylic acids is 3. The quantitative estimate of drug-likeness (QED) is 0.682. The summed E-state index contributed by atoms with van der Waals surface area (Å²) in [4.78, 5) is 33.3. The number of rotatable bonds is 5. The van der Waals surface area contributed by atoms with Gasteiger partial charge in [-0.3, -0.25) is 14.4 Å². The molecule has 0 atom stereocenters. The minimum atomic E-state index is -0.652. The molecule has 1 aromatic carbocycles. The Morgan fingerprint density at radius 3 is 2.39 bits per heavy atom. The lowest BCUT2D eigenvalue weighted by molar-refractivity contribution is -0.124. The van der Waals surface area contributed by atoms with E-state index >= 15 is 0 Å². The fourth-order valence-electron chi connectivity index (χ4n) is 1.15. The number of hydrogen-bond acceptors (Lipinski definition) is 3. The van der Waals surface area contributed by atoms with Gasteiger partial charge >= 0.3 is 0 Å². The molecule has 18 heavy (non-hydrogen) atoms. The molecule has 0 aromatic heterocycles. The molecule has 0 heterocycles. The second-order valence-corrected chi connectivity index (χ2v) is 3.81. The van der Waals surface area contributed by atoms with Gasteiger partial charge in [-0.05, 0) is 12.1 Å². The maximum atomic E-state index is 11.6. The number of nitrogens with two attached hydrogens (primary N) is 1. The van der Waals surface area contributed by atoms with Crippen molar-refractivity contribution in [3.05, 3.63) is 34.9 Å². The maximum Gasteiger partial charge on any atom is 0.253 e. The first-order valence-electron chi connectivity index (χ1n) is 5.08. The van der Waals surface area contributed by atoms with Gasteiger partial charge in [-0.1, -0.05) is 23.7 Å². The standard InChI is InChI=1S/C11H12ClN3O3/c12-8-4-2-1-3-7(8)11(18)15-6-10(17)14-5-9(13)16/h1-4H,5-6H2,(H2,13,16)(H,14,17)(H,15,18). The predicted octanol–water partition coefficient (Wildman–Crippen LogP) is -0.329. The predicted molar refractivity (Wildman–Crippen MR) is 66.0 cm³/mol. The van der Waals surface area contributed by atoms with E-state index in [1.165, 1.54) is 0 Å². The van der Waals surface area contributed by atoms with Crippen molar-refractivity contribution < 1.29 is 14.4 Å². The Kier molecular flexibility index (Phi) is 5.13. The molecule has 6 nitrogen and oxygen atoms in total. The van der Waals surface area contributed by atoms with Gasteiger partial charge in [0.25, 0.3) is 5.91 Å². The van der Waals surface area contributed by atoms with Crippen LogP contribution in [0, 0.1) is 0 Å². The summed E-state index contributed by atoms with van der Waals surface area (Å²) in [5.41, 5.74) is 5.13. The van der Waals surface area contributed by atoms with Gasteiger partial charge in [0.05, 0.1) is 23.7 Å². The highest BCUT2D eigenvalue weighted by atomic mass is 35.5. The van der Waals surface area contributed by atoms with Crippen molar-refractivity contribution in [3.63, 3.8) is 0 Å². The van der Waals surface area contributed by atoms with Crippen molar-refractivity contribution in [2.24, 2.45) is 5.73 Å². The first kappa shape index (κ1) is 14.0. The third-order valence-corrected chi connectivity index (χ3v) is 2.32. The highest BCUT2D eigenvalue weighted by Crippen LogP contribution is 2.14. The molecule has 0 bridgehead atoms. The molecule has 4 N–H and O–H groups in total. The molecule has 0 unspecified atom stereocenters. The molecule has 0 aliphatic rings. The summed E-state index contributed by atoms with van der Waals surface area (Å²) in [6.45, 7) is -0.516. The van der Waals surface area contributed by atoms with Gasteiger partial charge in [0.1, 0.15) is 0 Å². The monoisotopic (exact) mass is 269 g/mol. The molecular formula is C11H12ClN3O3. The molecule has 0 aliphatic heterocycles. The van der Waals surface area contributed by atoms with Crippen molar-refractivity contribution >= 4 is 29.3 Å². The van der Waals surface area contributed by atoms with Crippen LogP contribution < -0.4 is 16.4 Å². The van der Waals surface area contributed by atoms with Crippen LogP contribution in [0.2, 0.25) is 5.02 Å².